The normalized spacial score (nSPS) is 17.2. The number of carbonyl (C=O) groups excluding carboxylic acids is 2. The Bertz CT molecular complexity index is 942. The second kappa shape index (κ2) is 8.53. The van der Waals surface area contributed by atoms with Crippen LogP contribution >= 0.6 is 0 Å². The molecule has 0 aliphatic carbocycles. The molecule has 1 atom stereocenters. The highest BCUT2D eigenvalue weighted by Gasteiger charge is 2.37. The average molecular weight is 402 g/mol. The van der Waals surface area contributed by atoms with Gasteiger partial charge in [0.05, 0.1) is 6.26 Å². The number of nitrogens with zero attached hydrogens (tertiary/aromatic N) is 1. The van der Waals surface area contributed by atoms with E-state index in [-0.39, 0.29) is 12.5 Å². The standard InChI is InChI=1S/C20H22N2O5S/c1-28(25,26)22-13-5-8-18(22)20(24)27-14-15-9-11-16(12-10-15)19(23)21-17-6-3-2-4-7-17/h2-4,6-7,9-12,18H,5,8,13-14H2,1H3,(H,21,23)/t18-/m1/s1. The van der Waals surface area contributed by atoms with Gasteiger partial charge in [0.15, 0.2) is 0 Å². The first-order valence-corrected chi connectivity index (χ1v) is 10.8. The molecule has 7 nitrogen and oxygen atoms in total. The van der Waals surface area contributed by atoms with Crippen molar-refractivity contribution in [2.75, 3.05) is 18.1 Å². The largest absolute Gasteiger partial charge is 0.460 e. The van der Waals surface area contributed by atoms with Crippen LogP contribution in [0.3, 0.4) is 0 Å². The number of rotatable bonds is 6. The molecule has 2 aromatic rings. The van der Waals surface area contributed by atoms with E-state index in [0.29, 0.717) is 36.2 Å². The number of nitrogens with one attached hydrogen (secondary N) is 1. The third-order valence-corrected chi connectivity index (χ3v) is 5.82. The highest BCUT2D eigenvalue weighted by Crippen LogP contribution is 2.22. The highest BCUT2D eigenvalue weighted by atomic mass is 32.2. The minimum atomic E-state index is -3.43. The Morgan fingerprint density at radius 2 is 1.79 bits per heavy atom. The summed E-state index contributed by atoms with van der Waals surface area (Å²) in [6, 6.07) is 15.1. The molecule has 8 heteroatoms. The first-order valence-electron chi connectivity index (χ1n) is 8.93. The van der Waals surface area contributed by atoms with E-state index < -0.39 is 22.0 Å². The van der Waals surface area contributed by atoms with Gasteiger partial charge in [0.25, 0.3) is 5.91 Å². The second-order valence-electron chi connectivity index (χ2n) is 6.66. The monoisotopic (exact) mass is 402 g/mol. The Hall–Kier alpha value is -2.71. The van der Waals surface area contributed by atoms with Gasteiger partial charge in [0.2, 0.25) is 10.0 Å². The lowest BCUT2D eigenvalue weighted by Gasteiger charge is -2.20. The minimum Gasteiger partial charge on any atom is -0.460 e. The number of benzene rings is 2. The van der Waals surface area contributed by atoms with Gasteiger partial charge in [-0.3, -0.25) is 9.59 Å². The van der Waals surface area contributed by atoms with Crippen LogP contribution in [0.2, 0.25) is 0 Å². The van der Waals surface area contributed by atoms with Crippen LogP contribution in [0.15, 0.2) is 54.6 Å². The molecule has 28 heavy (non-hydrogen) atoms. The van der Waals surface area contributed by atoms with E-state index in [4.69, 9.17) is 4.74 Å². The number of sulfonamides is 1. The average Bonchev–Trinajstić information content (AvgIpc) is 3.18. The van der Waals surface area contributed by atoms with Gasteiger partial charge in [0, 0.05) is 17.8 Å². The molecule has 0 bridgehead atoms. The highest BCUT2D eigenvalue weighted by molar-refractivity contribution is 7.88. The molecule has 1 N–H and O–H groups in total. The van der Waals surface area contributed by atoms with Crippen molar-refractivity contribution in [3.05, 3.63) is 65.7 Å². The van der Waals surface area contributed by atoms with Gasteiger partial charge in [-0.15, -0.1) is 0 Å². The van der Waals surface area contributed by atoms with E-state index in [2.05, 4.69) is 5.32 Å². The number of hydrogen-bond acceptors (Lipinski definition) is 5. The van der Waals surface area contributed by atoms with Gasteiger partial charge < -0.3 is 10.1 Å². The molecule has 1 saturated heterocycles. The summed E-state index contributed by atoms with van der Waals surface area (Å²) in [5, 5.41) is 2.80. The smallest absolute Gasteiger partial charge is 0.324 e. The zero-order valence-corrected chi connectivity index (χ0v) is 16.3. The summed E-state index contributed by atoms with van der Waals surface area (Å²) in [6.07, 6.45) is 2.19. The summed E-state index contributed by atoms with van der Waals surface area (Å²) in [5.41, 5.74) is 1.91. The summed E-state index contributed by atoms with van der Waals surface area (Å²) in [5.74, 6) is -0.779. The van der Waals surface area contributed by atoms with Crippen molar-refractivity contribution in [2.24, 2.45) is 0 Å². The fourth-order valence-corrected chi connectivity index (χ4v) is 4.21. The van der Waals surface area contributed by atoms with Crippen LogP contribution in [0.4, 0.5) is 5.69 Å². The SMILES string of the molecule is CS(=O)(=O)N1CCC[C@@H]1C(=O)OCc1ccc(C(=O)Nc2ccccc2)cc1. The Kier molecular flexibility index (Phi) is 6.11. The molecule has 148 valence electrons. The number of ether oxygens (including phenoxy) is 1. The molecule has 1 aliphatic heterocycles. The summed E-state index contributed by atoms with van der Waals surface area (Å²) in [4.78, 5) is 24.5. The molecule has 0 saturated carbocycles. The number of amides is 1. The van der Waals surface area contributed by atoms with Crippen molar-refractivity contribution in [3.8, 4) is 0 Å². The van der Waals surface area contributed by atoms with Crippen LogP contribution in [0.1, 0.15) is 28.8 Å². The molecular weight excluding hydrogens is 380 g/mol. The maximum absolute atomic E-state index is 12.3. The molecular formula is C20H22N2O5S. The quantitative estimate of drug-likeness (QED) is 0.749. The van der Waals surface area contributed by atoms with Gasteiger partial charge >= 0.3 is 5.97 Å². The first kappa shape index (κ1) is 20.0. The molecule has 0 unspecified atom stereocenters. The molecule has 0 radical (unpaired) electrons. The van der Waals surface area contributed by atoms with Crippen LogP contribution in [0.5, 0.6) is 0 Å². The molecule has 1 aliphatic rings. The van der Waals surface area contributed by atoms with Gasteiger partial charge in [-0.2, -0.15) is 4.31 Å². The lowest BCUT2D eigenvalue weighted by Crippen LogP contribution is -2.40. The number of anilines is 1. The zero-order chi connectivity index (χ0) is 20.1. The van der Waals surface area contributed by atoms with Crippen LogP contribution in [0, 0.1) is 0 Å². The van der Waals surface area contributed by atoms with Crippen molar-refractivity contribution in [2.45, 2.75) is 25.5 Å². The lowest BCUT2D eigenvalue weighted by atomic mass is 10.1. The minimum absolute atomic E-state index is 0.0213. The van der Waals surface area contributed by atoms with Crippen LogP contribution in [-0.4, -0.2) is 43.4 Å². The number of para-hydroxylation sites is 1. The van der Waals surface area contributed by atoms with Gasteiger partial charge in [-0.25, -0.2) is 8.42 Å². The summed E-state index contributed by atoms with van der Waals surface area (Å²) >= 11 is 0. The van der Waals surface area contributed by atoms with E-state index in [9.17, 15) is 18.0 Å². The predicted molar refractivity (Wildman–Crippen MR) is 105 cm³/mol. The van der Waals surface area contributed by atoms with Crippen molar-refractivity contribution in [1.82, 2.24) is 4.31 Å². The molecule has 1 amide bonds. The fraction of sp³-hybridized carbons (Fsp3) is 0.300. The van der Waals surface area contributed by atoms with E-state index in [1.807, 2.05) is 18.2 Å². The maximum atomic E-state index is 12.3. The van der Waals surface area contributed by atoms with Gasteiger partial charge in [0.1, 0.15) is 12.6 Å². The van der Waals surface area contributed by atoms with Crippen molar-refractivity contribution in [3.63, 3.8) is 0 Å². The Morgan fingerprint density at radius 1 is 1.11 bits per heavy atom. The molecule has 1 fully saturated rings. The lowest BCUT2D eigenvalue weighted by molar-refractivity contribution is -0.148. The topological polar surface area (TPSA) is 92.8 Å². The van der Waals surface area contributed by atoms with Crippen LogP contribution in [-0.2, 0) is 26.2 Å². The van der Waals surface area contributed by atoms with E-state index in [1.165, 1.54) is 4.31 Å². The predicted octanol–water partition coefficient (Wildman–Crippen LogP) is 2.41. The second-order valence-corrected chi connectivity index (χ2v) is 8.59. The number of hydrogen-bond donors (Lipinski definition) is 1. The maximum Gasteiger partial charge on any atom is 0.324 e. The zero-order valence-electron chi connectivity index (χ0n) is 15.5. The Balaban J connectivity index is 1.56. The summed E-state index contributed by atoms with van der Waals surface area (Å²) in [7, 11) is -3.43. The third-order valence-electron chi connectivity index (χ3n) is 4.53. The number of esters is 1. The van der Waals surface area contributed by atoms with E-state index in [0.717, 1.165) is 6.26 Å². The fourth-order valence-electron chi connectivity index (χ4n) is 3.10. The summed E-state index contributed by atoms with van der Waals surface area (Å²) in [6.45, 7) is 0.358. The van der Waals surface area contributed by atoms with E-state index in [1.54, 1.807) is 36.4 Å². The third kappa shape index (κ3) is 4.96. The van der Waals surface area contributed by atoms with Crippen molar-refractivity contribution < 1.29 is 22.7 Å². The van der Waals surface area contributed by atoms with Crippen molar-refractivity contribution >= 4 is 27.6 Å². The first-order chi connectivity index (χ1) is 13.3. The molecule has 1 heterocycles. The molecule has 0 spiro atoms. The molecule has 3 rings (SSSR count). The van der Waals surface area contributed by atoms with Crippen LogP contribution in [0.25, 0.3) is 0 Å². The number of carbonyl (C=O) groups is 2. The van der Waals surface area contributed by atoms with Gasteiger partial charge in [-0.05, 0) is 42.7 Å². The van der Waals surface area contributed by atoms with Crippen molar-refractivity contribution in [1.29, 1.82) is 0 Å². The molecule has 0 aromatic heterocycles. The molecule has 2 aromatic carbocycles. The van der Waals surface area contributed by atoms with Gasteiger partial charge in [-0.1, -0.05) is 30.3 Å². The van der Waals surface area contributed by atoms with E-state index >= 15 is 0 Å². The Labute approximate surface area is 164 Å². The summed E-state index contributed by atoms with van der Waals surface area (Å²) < 4.78 is 29.9. The Morgan fingerprint density at radius 3 is 2.43 bits per heavy atom. The van der Waals surface area contributed by atoms with Crippen LogP contribution < -0.4 is 5.32 Å².